The number of carbonyl (C=O) groups is 1. The fraction of sp³-hybridized carbons (Fsp3) is 0.480. The maximum Gasteiger partial charge on any atom is 0.230 e. The van der Waals surface area contributed by atoms with Gasteiger partial charge >= 0.3 is 0 Å². The predicted molar refractivity (Wildman–Crippen MR) is 120 cm³/mol. The molecule has 29 heavy (non-hydrogen) atoms. The second-order valence-corrected chi connectivity index (χ2v) is 8.26. The van der Waals surface area contributed by atoms with Crippen LogP contribution in [0.15, 0.2) is 42.5 Å². The van der Waals surface area contributed by atoms with Gasteiger partial charge in [-0.05, 0) is 62.4 Å². The molecule has 1 amide bonds. The van der Waals surface area contributed by atoms with Crippen molar-refractivity contribution in [1.29, 1.82) is 0 Å². The lowest BCUT2D eigenvalue weighted by Crippen LogP contribution is -2.31. The van der Waals surface area contributed by atoms with E-state index in [1.54, 1.807) is 0 Å². The molecule has 0 saturated carbocycles. The Morgan fingerprint density at radius 2 is 1.66 bits per heavy atom. The van der Waals surface area contributed by atoms with Gasteiger partial charge in [0.1, 0.15) is 11.5 Å². The van der Waals surface area contributed by atoms with E-state index in [0.29, 0.717) is 13.2 Å². The molecule has 0 spiro atoms. The summed E-state index contributed by atoms with van der Waals surface area (Å²) in [6.07, 6.45) is 3.62. The Bertz CT molecular complexity index is 798. The van der Waals surface area contributed by atoms with Crippen molar-refractivity contribution in [3.05, 3.63) is 53.6 Å². The zero-order chi connectivity index (χ0) is 21.3. The number of amides is 1. The summed E-state index contributed by atoms with van der Waals surface area (Å²) in [7, 11) is 0. The third-order valence-corrected chi connectivity index (χ3v) is 5.05. The lowest BCUT2D eigenvalue weighted by Gasteiger charge is -2.24. The molecule has 0 heterocycles. The van der Waals surface area contributed by atoms with Crippen molar-refractivity contribution in [1.82, 2.24) is 0 Å². The molecule has 0 fully saturated rings. The highest BCUT2D eigenvalue weighted by Gasteiger charge is 2.28. The van der Waals surface area contributed by atoms with E-state index in [1.165, 1.54) is 5.56 Å². The average Bonchev–Trinajstić information content (AvgIpc) is 2.69. The molecule has 2 aromatic rings. The van der Waals surface area contributed by atoms with E-state index in [-0.39, 0.29) is 5.91 Å². The number of para-hydroxylation sites is 2. The van der Waals surface area contributed by atoms with Gasteiger partial charge in [0.15, 0.2) is 0 Å². The molecule has 4 heteroatoms. The molecule has 0 aliphatic heterocycles. The summed E-state index contributed by atoms with van der Waals surface area (Å²) >= 11 is 0. The average molecular weight is 398 g/mol. The van der Waals surface area contributed by atoms with Crippen LogP contribution in [0.1, 0.15) is 57.6 Å². The van der Waals surface area contributed by atoms with E-state index in [4.69, 9.17) is 9.47 Å². The van der Waals surface area contributed by atoms with Crippen molar-refractivity contribution in [3.63, 3.8) is 0 Å². The Morgan fingerprint density at radius 3 is 2.41 bits per heavy atom. The van der Waals surface area contributed by atoms with Gasteiger partial charge in [0.05, 0.1) is 18.9 Å². The molecular formula is C25H35NO3. The highest BCUT2D eigenvalue weighted by atomic mass is 16.5. The van der Waals surface area contributed by atoms with E-state index in [2.05, 4.69) is 37.4 Å². The minimum absolute atomic E-state index is 0.00391. The molecule has 0 aromatic heterocycles. The van der Waals surface area contributed by atoms with Crippen LogP contribution in [0.4, 0.5) is 5.69 Å². The molecule has 0 radical (unpaired) electrons. The molecule has 158 valence electrons. The van der Waals surface area contributed by atoms with Crippen LogP contribution in [0.5, 0.6) is 11.5 Å². The minimum atomic E-state index is -0.498. The van der Waals surface area contributed by atoms with Gasteiger partial charge in [0.25, 0.3) is 0 Å². The molecule has 4 nitrogen and oxygen atoms in total. The second kappa shape index (κ2) is 10.9. The third-order valence-electron chi connectivity index (χ3n) is 5.05. The molecule has 2 rings (SSSR count). The van der Waals surface area contributed by atoms with Crippen LogP contribution in [0.3, 0.4) is 0 Å². The molecule has 0 unspecified atom stereocenters. The molecule has 0 atom stereocenters. The molecule has 1 N–H and O–H groups in total. The molecule has 0 aliphatic carbocycles. The standard InChI is InChI=1S/C25H35NO3/c1-6-7-16-28-22-12-9-8-11-21(22)26-24(27)25(4,5)15-10-17-29-23-18-19(2)13-14-20(23)3/h8-9,11-14,18H,6-7,10,15-17H2,1-5H3,(H,26,27). The lowest BCUT2D eigenvalue weighted by molar-refractivity contribution is -0.124. The van der Waals surface area contributed by atoms with Crippen LogP contribution in [0.2, 0.25) is 0 Å². The lowest BCUT2D eigenvalue weighted by atomic mass is 9.87. The molecule has 0 aliphatic rings. The highest BCUT2D eigenvalue weighted by molar-refractivity contribution is 5.96. The van der Waals surface area contributed by atoms with Crippen molar-refractivity contribution in [3.8, 4) is 11.5 Å². The number of unbranched alkanes of at least 4 members (excludes halogenated alkanes) is 1. The zero-order valence-electron chi connectivity index (χ0n) is 18.5. The molecule has 0 bridgehead atoms. The van der Waals surface area contributed by atoms with Gasteiger partial charge in [-0.2, -0.15) is 0 Å². The molecule has 2 aromatic carbocycles. The van der Waals surface area contributed by atoms with Crippen LogP contribution in [0, 0.1) is 19.3 Å². The quantitative estimate of drug-likeness (QED) is 0.452. The molecular weight excluding hydrogens is 362 g/mol. The van der Waals surface area contributed by atoms with Crippen molar-refractivity contribution in [2.75, 3.05) is 18.5 Å². The van der Waals surface area contributed by atoms with Crippen LogP contribution in [-0.2, 0) is 4.79 Å². The number of hydrogen-bond donors (Lipinski definition) is 1. The van der Waals surface area contributed by atoms with E-state index in [1.807, 2.05) is 45.0 Å². The fourth-order valence-corrected chi connectivity index (χ4v) is 2.99. The minimum Gasteiger partial charge on any atom is -0.493 e. The van der Waals surface area contributed by atoms with Crippen LogP contribution in [-0.4, -0.2) is 19.1 Å². The van der Waals surface area contributed by atoms with E-state index in [0.717, 1.165) is 48.4 Å². The van der Waals surface area contributed by atoms with Crippen LogP contribution >= 0.6 is 0 Å². The first kappa shape index (κ1) is 22.8. The van der Waals surface area contributed by atoms with Crippen LogP contribution in [0.25, 0.3) is 0 Å². The Kier molecular flexibility index (Phi) is 8.56. The Morgan fingerprint density at radius 1 is 0.966 bits per heavy atom. The fourth-order valence-electron chi connectivity index (χ4n) is 2.99. The first-order valence-electron chi connectivity index (χ1n) is 10.6. The van der Waals surface area contributed by atoms with E-state index < -0.39 is 5.41 Å². The SMILES string of the molecule is CCCCOc1ccccc1NC(=O)C(C)(C)CCCOc1cc(C)ccc1C. The first-order chi connectivity index (χ1) is 13.8. The summed E-state index contributed by atoms with van der Waals surface area (Å²) in [5, 5.41) is 3.05. The monoisotopic (exact) mass is 397 g/mol. The number of ether oxygens (including phenoxy) is 2. The zero-order valence-corrected chi connectivity index (χ0v) is 18.5. The Labute approximate surface area is 175 Å². The van der Waals surface area contributed by atoms with Crippen molar-refractivity contribution < 1.29 is 14.3 Å². The summed E-state index contributed by atoms with van der Waals surface area (Å²) in [5.74, 6) is 1.64. The normalized spacial score (nSPS) is 11.2. The van der Waals surface area contributed by atoms with Gasteiger partial charge in [-0.15, -0.1) is 0 Å². The van der Waals surface area contributed by atoms with Crippen molar-refractivity contribution in [2.45, 2.75) is 60.3 Å². The largest absolute Gasteiger partial charge is 0.493 e. The summed E-state index contributed by atoms with van der Waals surface area (Å²) in [6.45, 7) is 11.4. The topological polar surface area (TPSA) is 47.6 Å². The second-order valence-electron chi connectivity index (χ2n) is 8.26. The Hall–Kier alpha value is -2.49. The summed E-state index contributed by atoms with van der Waals surface area (Å²) in [5.41, 5.74) is 2.55. The number of aryl methyl sites for hydroxylation is 2. The predicted octanol–water partition coefficient (Wildman–Crippen LogP) is 6.31. The number of carbonyl (C=O) groups excluding carboxylic acids is 1. The number of anilines is 1. The van der Waals surface area contributed by atoms with E-state index in [9.17, 15) is 4.79 Å². The number of hydrogen-bond acceptors (Lipinski definition) is 3. The number of nitrogens with one attached hydrogen (secondary N) is 1. The maximum atomic E-state index is 12.9. The van der Waals surface area contributed by atoms with Gasteiger partial charge in [0, 0.05) is 5.41 Å². The highest BCUT2D eigenvalue weighted by Crippen LogP contribution is 2.29. The first-order valence-corrected chi connectivity index (χ1v) is 10.6. The Balaban J connectivity index is 1.87. The van der Waals surface area contributed by atoms with Gasteiger partial charge in [-0.3, -0.25) is 4.79 Å². The van der Waals surface area contributed by atoms with Gasteiger partial charge in [-0.1, -0.05) is 51.5 Å². The van der Waals surface area contributed by atoms with Crippen molar-refractivity contribution >= 4 is 11.6 Å². The van der Waals surface area contributed by atoms with Crippen LogP contribution < -0.4 is 14.8 Å². The van der Waals surface area contributed by atoms with Gasteiger partial charge in [0.2, 0.25) is 5.91 Å². The van der Waals surface area contributed by atoms with E-state index >= 15 is 0 Å². The van der Waals surface area contributed by atoms with Gasteiger partial charge in [-0.25, -0.2) is 0 Å². The van der Waals surface area contributed by atoms with Crippen molar-refractivity contribution in [2.24, 2.45) is 5.41 Å². The summed E-state index contributed by atoms with van der Waals surface area (Å²) < 4.78 is 11.8. The summed E-state index contributed by atoms with van der Waals surface area (Å²) in [4.78, 5) is 12.9. The maximum absolute atomic E-state index is 12.9. The van der Waals surface area contributed by atoms with Gasteiger partial charge < -0.3 is 14.8 Å². The number of benzene rings is 2. The molecule has 0 saturated heterocycles. The summed E-state index contributed by atoms with van der Waals surface area (Å²) in [6, 6.07) is 13.8. The number of rotatable bonds is 11. The third kappa shape index (κ3) is 7.12. The smallest absolute Gasteiger partial charge is 0.230 e.